The van der Waals surface area contributed by atoms with Gasteiger partial charge in [0.15, 0.2) is 0 Å². The van der Waals surface area contributed by atoms with Crippen LogP contribution in [0, 0.1) is 17.3 Å². The number of esters is 1. The number of carbonyl (C=O) groups excluding carboxylic acids is 2. The Hall–Kier alpha value is -1.35. The number of aliphatic hydroxyl groups is 2. The number of nitrogens with one attached hydrogen (secondary N) is 1. The molecule has 0 unspecified atom stereocenters. The van der Waals surface area contributed by atoms with Gasteiger partial charge >= 0.3 is 5.97 Å². The quantitative estimate of drug-likeness (QED) is 0.397. The van der Waals surface area contributed by atoms with Gasteiger partial charge in [-0.25, -0.2) is 0 Å². The summed E-state index contributed by atoms with van der Waals surface area (Å²) in [7, 11) is 2.04. The van der Waals surface area contributed by atoms with Crippen LogP contribution in [0.4, 0.5) is 0 Å². The third kappa shape index (κ3) is 6.45. The molecule has 0 aromatic heterocycles. The molecule has 7 nitrogen and oxygen atoms in total. The number of aliphatic hydroxyl groups excluding tert-OH is 2. The molecule has 0 aliphatic carbocycles. The Morgan fingerprint density at radius 1 is 1.24 bits per heavy atom. The minimum atomic E-state index is -1.19. The summed E-state index contributed by atoms with van der Waals surface area (Å²) in [5.41, 5.74) is 0.894. The number of thioether (sulfide) groups is 1. The van der Waals surface area contributed by atoms with E-state index in [0.717, 1.165) is 36.4 Å². The van der Waals surface area contributed by atoms with Crippen LogP contribution in [0.1, 0.15) is 66.7 Å². The number of cyclic esters (lactones) is 1. The third-order valence-corrected chi connectivity index (χ3v) is 8.80. The first kappa shape index (κ1) is 27.2. The Morgan fingerprint density at radius 2 is 1.94 bits per heavy atom. The topological polar surface area (TPSA) is 109 Å². The fourth-order valence-electron chi connectivity index (χ4n) is 5.01. The normalized spacial score (nSPS) is 38.2. The van der Waals surface area contributed by atoms with Crippen molar-refractivity contribution >= 4 is 23.5 Å². The molecule has 0 aromatic rings. The van der Waals surface area contributed by atoms with Crippen molar-refractivity contribution in [2.24, 2.45) is 17.3 Å². The molecule has 0 bridgehead atoms. The van der Waals surface area contributed by atoms with Crippen LogP contribution in [0.3, 0.4) is 0 Å². The smallest absolute Gasteiger partial charge is 0.309 e. The number of hydrogen-bond donors (Lipinski definition) is 3. The Bertz CT molecular complexity index is 826. The number of nitrogens with zero attached hydrogens (tertiary/aromatic N) is 1. The summed E-state index contributed by atoms with van der Waals surface area (Å²) in [6, 6.07) is 0.652. The summed E-state index contributed by atoms with van der Waals surface area (Å²) in [4.78, 5) is 28.2. The first-order chi connectivity index (χ1) is 15.9. The lowest BCUT2D eigenvalue weighted by molar-refractivity contribution is -0.154. The molecule has 3 rings (SSSR count). The van der Waals surface area contributed by atoms with Gasteiger partial charge in [-0.2, -0.15) is 0 Å². The van der Waals surface area contributed by atoms with Gasteiger partial charge in [0.25, 0.3) is 0 Å². The van der Waals surface area contributed by atoms with E-state index in [1.54, 1.807) is 32.5 Å². The second-order valence-electron chi connectivity index (χ2n) is 11.0. The Balaban J connectivity index is 1.80. The molecule has 3 N–H and O–H groups in total. The summed E-state index contributed by atoms with van der Waals surface area (Å²) in [5.74, 6) is -0.488. The number of Topliss-reactive ketones (excluding diaryl/α,β-unsaturated/α-hetero) is 1. The van der Waals surface area contributed by atoms with Gasteiger partial charge in [-0.05, 0) is 42.7 Å². The predicted octanol–water partition coefficient (Wildman–Crippen LogP) is 3.22. The summed E-state index contributed by atoms with van der Waals surface area (Å²) < 4.78 is 5.90. The molecule has 3 heterocycles. The summed E-state index contributed by atoms with van der Waals surface area (Å²) in [6.07, 6.45) is 2.90. The molecule has 8 heteroatoms. The van der Waals surface area contributed by atoms with E-state index in [1.807, 2.05) is 20.9 Å². The van der Waals surface area contributed by atoms with Crippen molar-refractivity contribution in [3.63, 3.8) is 0 Å². The minimum Gasteiger partial charge on any atom is -0.458 e. The monoisotopic (exact) mass is 494 g/mol. The van der Waals surface area contributed by atoms with Gasteiger partial charge < -0.3 is 25.2 Å². The summed E-state index contributed by atoms with van der Waals surface area (Å²) >= 11 is 1.73. The lowest BCUT2D eigenvalue weighted by atomic mass is 9.73. The molecule has 3 aliphatic heterocycles. The van der Waals surface area contributed by atoms with Crippen LogP contribution in [0.2, 0.25) is 0 Å². The van der Waals surface area contributed by atoms with Gasteiger partial charge in [0.05, 0.1) is 29.9 Å². The van der Waals surface area contributed by atoms with E-state index in [-0.39, 0.29) is 24.2 Å². The van der Waals surface area contributed by atoms with Crippen molar-refractivity contribution in [2.45, 2.75) is 97.1 Å². The molecule has 2 fully saturated rings. The molecule has 0 saturated carbocycles. The van der Waals surface area contributed by atoms with E-state index < -0.39 is 35.6 Å². The number of ether oxygens (including phenoxy) is 1. The van der Waals surface area contributed by atoms with E-state index in [4.69, 9.17) is 4.74 Å². The highest BCUT2D eigenvalue weighted by molar-refractivity contribution is 8.02. The number of carbonyl (C=O) groups is 2. The van der Waals surface area contributed by atoms with E-state index >= 15 is 0 Å². The van der Waals surface area contributed by atoms with Gasteiger partial charge in [-0.15, -0.1) is 11.8 Å². The highest BCUT2D eigenvalue weighted by Gasteiger charge is 2.43. The zero-order valence-electron chi connectivity index (χ0n) is 21.4. The maximum Gasteiger partial charge on any atom is 0.309 e. The number of rotatable bonds is 2. The van der Waals surface area contributed by atoms with Gasteiger partial charge in [0.2, 0.25) is 0 Å². The van der Waals surface area contributed by atoms with E-state index in [2.05, 4.69) is 21.7 Å². The molecule has 7 atom stereocenters. The van der Waals surface area contributed by atoms with Crippen LogP contribution in [0.15, 0.2) is 22.8 Å². The second kappa shape index (κ2) is 11.1. The Labute approximate surface area is 208 Å². The van der Waals surface area contributed by atoms with Crippen molar-refractivity contribution in [2.75, 3.05) is 12.9 Å². The standard InChI is InChI=1S/C26H42N2O5S/c1-15-8-7-9-19-20(27-19)11-21(16(2)10-18-13-34-14-28(18)6)33-23(30)12-22(29)26(4,5)25(32)17(3)24(15)31/h10,13,15,17,19-22,24,27,29,31H,7-9,11-12,14H2,1-6H3/b16-10-/t15-,17+,19+,20-,21-,22-,24-/m0/s1. The number of ketones is 1. The molecule has 0 spiro atoms. The zero-order valence-corrected chi connectivity index (χ0v) is 22.2. The van der Waals surface area contributed by atoms with Gasteiger partial charge in [0, 0.05) is 37.2 Å². The lowest BCUT2D eigenvalue weighted by Crippen LogP contribution is -2.45. The molecule has 0 aromatic carbocycles. The lowest BCUT2D eigenvalue weighted by Gasteiger charge is -2.34. The average molecular weight is 495 g/mol. The molecule has 2 saturated heterocycles. The van der Waals surface area contributed by atoms with Crippen LogP contribution in [0.25, 0.3) is 0 Å². The maximum absolute atomic E-state index is 13.2. The van der Waals surface area contributed by atoms with Gasteiger partial charge in [-0.1, -0.05) is 34.1 Å². The molecule has 3 aliphatic rings. The highest BCUT2D eigenvalue weighted by Crippen LogP contribution is 2.34. The van der Waals surface area contributed by atoms with Crippen LogP contribution in [-0.4, -0.2) is 70.2 Å². The van der Waals surface area contributed by atoms with Crippen LogP contribution < -0.4 is 5.32 Å². The first-order valence-corrected chi connectivity index (χ1v) is 13.5. The molecular weight excluding hydrogens is 452 g/mol. The van der Waals surface area contributed by atoms with E-state index in [9.17, 15) is 19.8 Å². The van der Waals surface area contributed by atoms with Crippen molar-refractivity contribution in [1.29, 1.82) is 0 Å². The Morgan fingerprint density at radius 3 is 2.59 bits per heavy atom. The maximum atomic E-state index is 13.2. The molecule has 0 amide bonds. The van der Waals surface area contributed by atoms with Crippen molar-refractivity contribution in [3.8, 4) is 0 Å². The number of hydrogen-bond acceptors (Lipinski definition) is 8. The second-order valence-corrected chi connectivity index (χ2v) is 11.8. The zero-order chi connectivity index (χ0) is 25.2. The molecular formula is C26H42N2O5S. The van der Waals surface area contributed by atoms with Crippen molar-refractivity contribution < 1.29 is 24.5 Å². The fraction of sp³-hybridized carbons (Fsp3) is 0.769. The number of allylic oxidation sites excluding steroid dienone is 1. The summed E-state index contributed by atoms with van der Waals surface area (Å²) in [6.45, 7) is 8.97. The predicted molar refractivity (Wildman–Crippen MR) is 135 cm³/mol. The van der Waals surface area contributed by atoms with E-state index in [0.29, 0.717) is 12.5 Å². The SMILES string of the molecule is C/C(=C/C1=CSCN1C)[C@@H]1C[C@@H]2N[C@@H]2CCC[C@H](C)[C@H](O)[C@@H](C)C(=O)C(C)(C)[C@@H](O)CC(=O)O1. The van der Waals surface area contributed by atoms with Crippen LogP contribution in [0.5, 0.6) is 0 Å². The molecule has 192 valence electrons. The highest BCUT2D eigenvalue weighted by atomic mass is 32.2. The Kier molecular flexibility index (Phi) is 8.93. The third-order valence-electron chi connectivity index (χ3n) is 7.85. The largest absolute Gasteiger partial charge is 0.458 e. The number of fused-ring (bicyclic) bond motifs is 1. The van der Waals surface area contributed by atoms with Gasteiger partial charge in [-0.3, -0.25) is 9.59 Å². The minimum absolute atomic E-state index is 0.0190. The summed E-state index contributed by atoms with van der Waals surface area (Å²) in [5, 5.41) is 27.3. The van der Waals surface area contributed by atoms with E-state index in [1.165, 1.54) is 0 Å². The average Bonchev–Trinajstić information content (AvgIpc) is 3.39. The number of likely N-dealkylation sites (N-methyl/N-ethyl adjacent to an activating group) is 1. The van der Waals surface area contributed by atoms with Crippen LogP contribution in [-0.2, 0) is 14.3 Å². The van der Waals surface area contributed by atoms with Crippen LogP contribution >= 0.6 is 11.8 Å². The first-order valence-electron chi connectivity index (χ1n) is 12.5. The van der Waals surface area contributed by atoms with Crippen molar-refractivity contribution in [3.05, 3.63) is 22.8 Å². The molecule has 0 radical (unpaired) electrons. The molecule has 34 heavy (non-hydrogen) atoms. The van der Waals surface area contributed by atoms with Gasteiger partial charge in [0.1, 0.15) is 11.9 Å². The van der Waals surface area contributed by atoms with Crippen molar-refractivity contribution in [1.82, 2.24) is 10.2 Å². The fourth-order valence-corrected chi connectivity index (χ4v) is 5.88.